The molecule has 2 amide bonds. The Labute approximate surface area is 185 Å². The summed E-state index contributed by atoms with van der Waals surface area (Å²) in [5.41, 5.74) is 2.56. The lowest BCUT2D eigenvalue weighted by Gasteiger charge is -2.28. The van der Waals surface area contributed by atoms with Crippen molar-refractivity contribution in [1.82, 2.24) is 5.32 Å². The molecule has 2 atom stereocenters. The maximum Gasteiger partial charge on any atom is 0.573 e. The van der Waals surface area contributed by atoms with Gasteiger partial charge in [-0.05, 0) is 48.5 Å². The molecule has 1 unspecified atom stereocenters. The van der Waals surface area contributed by atoms with E-state index in [4.69, 9.17) is 10.5 Å². The number of hydrogen-bond acceptors (Lipinski definition) is 8. The van der Waals surface area contributed by atoms with Gasteiger partial charge in [-0.1, -0.05) is 0 Å². The van der Waals surface area contributed by atoms with Gasteiger partial charge in [0.25, 0.3) is 5.91 Å². The van der Waals surface area contributed by atoms with Gasteiger partial charge in [-0.25, -0.2) is 13.2 Å². The number of alkyl halides is 3. The smallest absolute Gasteiger partial charge is 0.457 e. The third-order valence-electron chi connectivity index (χ3n) is 4.56. The Morgan fingerprint density at radius 3 is 2.06 bits per heavy atom. The lowest BCUT2D eigenvalue weighted by atomic mass is 9.97. The number of primary amides is 1. The Morgan fingerprint density at radius 2 is 1.61 bits per heavy atom. The van der Waals surface area contributed by atoms with E-state index in [0.717, 1.165) is 24.3 Å². The lowest BCUT2D eigenvalue weighted by Crippen LogP contribution is -2.61. The average molecular weight is 490 g/mol. The molecule has 0 radical (unpaired) electrons. The number of nitrogens with one attached hydrogen (secondary N) is 1. The first-order valence-electron chi connectivity index (χ1n) is 9.10. The molecule has 1 saturated heterocycles. The van der Waals surface area contributed by atoms with Crippen LogP contribution in [0.15, 0.2) is 53.4 Å². The molecule has 178 valence electrons. The molecule has 0 aliphatic carbocycles. The summed E-state index contributed by atoms with van der Waals surface area (Å²) in [5.74, 6) is -2.62. The topological polar surface area (TPSA) is 154 Å². The summed E-state index contributed by atoms with van der Waals surface area (Å²) >= 11 is 0. The minimum Gasteiger partial charge on any atom is -0.457 e. The molecule has 33 heavy (non-hydrogen) atoms. The number of halogens is 3. The van der Waals surface area contributed by atoms with E-state index in [2.05, 4.69) is 14.8 Å². The zero-order valence-electron chi connectivity index (χ0n) is 16.5. The van der Waals surface area contributed by atoms with Crippen molar-refractivity contribution in [3.05, 3.63) is 48.5 Å². The SMILES string of the molecule is NC(=O)C(O)(CS(=O)(=O)c1ccc(Oc2ccc(OC(F)(F)F)cc2)cc1)[C@@H]1COC(=O)N1. The third-order valence-corrected chi connectivity index (χ3v) is 6.37. The van der Waals surface area contributed by atoms with Crippen LogP contribution in [0.1, 0.15) is 0 Å². The van der Waals surface area contributed by atoms with Gasteiger partial charge in [0.15, 0.2) is 15.4 Å². The fraction of sp³-hybridized carbons (Fsp3) is 0.263. The van der Waals surface area contributed by atoms with Crippen LogP contribution in [0.4, 0.5) is 18.0 Å². The number of hydrogen-bond donors (Lipinski definition) is 3. The predicted octanol–water partition coefficient (Wildman–Crippen LogP) is 1.48. The Kier molecular flexibility index (Phi) is 6.42. The fourth-order valence-corrected chi connectivity index (χ4v) is 4.56. The molecule has 0 bridgehead atoms. The molecule has 10 nitrogen and oxygen atoms in total. The first kappa shape index (κ1) is 24.1. The minimum atomic E-state index is -4.83. The molecule has 4 N–H and O–H groups in total. The van der Waals surface area contributed by atoms with Crippen LogP contribution in [0.2, 0.25) is 0 Å². The molecular weight excluding hydrogens is 473 g/mol. The number of ether oxygens (including phenoxy) is 3. The van der Waals surface area contributed by atoms with Crippen LogP contribution >= 0.6 is 0 Å². The van der Waals surface area contributed by atoms with Crippen LogP contribution in [-0.2, 0) is 19.4 Å². The van der Waals surface area contributed by atoms with E-state index < -0.39 is 58.0 Å². The molecule has 0 saturated carbocycles. The molecule has 3 rings (SSSR count). The van der Waals surface area contributed by atoms with Gasteiger partial charge >= 0.3 is 12.5 Å². The monoisotopic (exact) mass is 490 g/mol. The van der Waals surface area contributed by atoms with Gasteiger partial charge in [0, 0.05) is 0 Å². The van der Waals surface area contributed by atoms with Crippen molar-refractivity contribution >= 4 is 21.8 Å². The molecule has 0 aromatic heterocycles. The average Bonchev–Trinajstić information content (AvgIpc) is 3.15. The standard InChI is InChI=1S/C19H17F3N2O8S/c20-19(21,22)32-13-3-1-11(2-4-13)31-12-5-7-14(8-6-12)33(28,29)10-18(27,16(23)25)15-9-30-17(26)24-15/h1-8,15,27H,9-10H2,(H2,23,25)(H,24,26)/t15-,18?/m0/s1. The summed E-state index contributed by atoms with van der Waals surface area (Å²) in [5, 5.41) is 12.7. The summed E-state index contributed by atoms with van der Waals surface area (Å²) in [6.07, 6.45) is -5.77. The second-order valence-electron chi connectivity index (χ2n) is 6.94. The summed E-state index contributed by atoms with van der Waals surface area (Å²) < 4.78 is 75.9. The van der Waals surface area contributed by atoms with Gasteiger partial charge in [-0.15, -0.1) is 13.2 Å². The Hall–Kier alpha value is -3.52. The van der Waals surface area contributed by atoms with Gasteiger partial charge in [0.1, 0.15) is 29.9 Å². The second kappa shape index (κ2) is 8.78. The minimum absolute atomic E-state index is 0.153. The highest BCUT2D eigenvalue weighted by Crippen LogP contribution is 2.29. The number of benzene rings is 2. The molecule has 2 aromatic rings. The Morgan fingerprint density at radius 1 is 1.09 bits per heavy atom. The number of amides is 2. The molecule has 1 fully saturated rings. The van der Waals surface area contributed by atoms with Gasteiger partial charge in [-0.2, -0.15) is 0 Å². The van der Waals surface area contributed by atoms with Crippen LogP contribution in [0.25, 0.3) is 0 Å². The van der Waals surface area contributed by atoms with Gasteiger partial charge in [-0.3, -0.25) is 4.79 Å². The molecule has 14 heteroatoms. The fourth-order valence-electron chi connectivity index (χ4n) is 2.92. The number of sulfone groups is 1. The van der Waals surface area contributed by atoms with E-state index in [-0.39, 0.29) is 16.4 Å². The summed E-state index contributed by atoms with van der Waals surface area (Å²) in [4.78, 5) is 22.7. The van der Waals surface area contributed by atoms with Crippen molar-refractivity contribution in [1.29, 1.82) is 0 Å². The van der Waals surface area contributed by atoms with Crippen molar-refractivity contribution in [2.24, 2.45) is 5.73 Å². The van der Waals surface area contributed by atoms with Crippen molar-refractivity contribution in [3.63, 3.8) is 0 Å². The quantitative estimate of drug-likeness (QED) is 0.503. The van der Waals surface area contributed by atoms with Crippen LogP contribution in [0.3, 0.4) is 0 Å². The molecule has 1 heterocycles. The van der Waals surface area contributed by atoms with Gasteiger partial charge < -0.3 is 30.4 Å². The normalized spacial score (nSPS) is 18.1. The number of carbonyl (C=O) groups excluding carboxylic acids is 2. The number of aliphatic hydroxyl groups is 1. The van der Waals surface area contributed by atoms with E-state index in [1.165, 1.54) is 24.3 Å². The van der Waals surface area contributed by atoms with Gasteiger partial charge in [0.05, 0.1) is 10.6 Å². The van der Waals surface area contributed by atoms with E-state index in [9.17, 15) is 36.3 Å². The third kappa shape index (κ3) is 5.84. The molecular formula is C19H17F3N2O8S. The van der Waals surface area contributed by atoms with E-state index in [1.54, 1.807) is 0 Å². The van der Waals surface area contributed by atoms with Crippen LogP contribution in [-0.4, -0.2) is 55.9 Å². The number of cyclic esters (lactones) is 1. The van der Waals surface area contributed by atoms with Crippen molar-refractivity contribution in [3.8, 4) is 17.2 Å². The number of nitrogens with two attached hydrogens (primary N) is 1. The molecule has 2 aromatic carbocycles. The Balaban J connectivity index is 1.72. The highest BCUT2D eigenvalue weighted by Gasteiger charge is 2.50. The zero-order chi connectivity index (χ0) is 24.4. The maximum atomic E-state index is 12.7. The van der Waals surface area contributed by atoms with E-state index in [1.807, 2.05) is 0 Å². The van der Waals surface area contributed by atoms with Crippen molar-refractivity contribution in [2.45, 2.75) is 22.9 Å². The van der Waals surface area contributed by atoms with Crippen LogP contribution < -0.4 is 20.5 Å². The van der Waals surface area contributed by atoms with E-state index in [0.29, 0.717) is 0 Å². The van der Waals surface area contributed by atoms with E-state index >= 15 is 0 Å². The summed E-state index contributed by atoms with van der Waals surface area (Å²) in [6, 6.07) is 7.95. The second-order valence-corrected chi connectivity index (χ2v) is 8.93. The zero-order valence-corrected chi connectivity index (χ0v) is 17.4. The Bertz CT molecular complexity index is 1140. The summed E-state index contributed by atoms with van der Waals surface area (Å²) in [6.45, 7) is -0.451. The molecule has 0 spiro atoms. The predicted molar refractivity (Wildman–Crippen MR) is 104 cm³/mol. The maximum absolute atomic E-state index is 12.7. The summed E-state index contributed by atoms with van der Waals surface area (Å²) in [7, 11) is -4.27. The van der Waals surface area contributed by atoms with Crippen molar-refractivity contribution < 1.29 is 50.5 Å². The van der Waals surface area contributed by atoms with Crippen LogP contribution in [0.5, 0.6) is 17.2 Å². The number of carbonyl (C=O) groups is 2. The van der Waals surface area contributed by atoms with Crippen LogP contribution in [0, 0.1) is 0 Å². The molecule has 1 aliphatic rings. The highest BCUT2D eigenvalue weighted by atomic mass is 32.2. The lowest BCUT2D eigenvalue weighted by molar-refractivity contribution is -0.274. The highest BCUT2D eigenvalue weighted by molar-refractivity contribution is 7.91. The van der Waals surface area contributed by atoms with Crippen molar-refractivity contribution in [2.75, 3.05) is 12.4 Å². The van der Waals surface area contributed by atoms with Gasteiger partial charge in [0.2, 0.25) is 0 Å². The number of rotatable bonds is 8. The number of alkyl carbamates (subject to hydrolysis) is 1. The first-order valence-corrected chi connectivity index (χ1v) is 10.8. The molecule has 1 aliphatic heterocycles. The largest absolute Gasteiger partial charge is 0.573 e. The first-order chi connectivity index (χ1) is 15.3.